The molecule has 1 heterocycles. The van der Waals surface area contributed by atoms with Crippen LogP contribution >= 0.6 is 31.9 Å². The molecule has 0 aliphatic heterocycles. The summed E-state index contributed by atoms with van der Waals surface area (Å²) < 4.78 is 6.84. The molecule has 0 saturated heterocycles. The number of fused-ring (bicyclic) bond motifs is 1. The van der Waals surface area contributed by atoms with Crippen LogP contribution in [0.4, 0.5) is 5.69 Å². The van der Waals surface area contributed by atoms with Gasteiger partial charge >= 0.3 is 0 Å². The lowest BCUT2D eigenvalue weighted by Crippen LogP contribution is -2.13. The van der Waals surface area contributed by atoms with E-state index in [9.17, 15) is 4.79 Å². The molecule has 30 heavy (non-hydrogen) atoms. The van der Waals surface area contributed by atoms with Crippen LogP contribution in [-0.4, -0.2) is 28.0 Å². The van der Waals surface area contributed by atoms with Crippen LogP contribution in [0, 0.1) is 0 Å². The molecule has 0 spiro atoms. The molecule has 0 unspecified atom stereocenters. The van der Waals surface area contributed by atoms with E-state index in [1.807, 2.05) is 24.3 Å². The maximum absolute atomic E-state index is 12.8. The van der Waals surface area contributed by atoms with Gasteiger partial charge in [-0.15, -0.1) is 10.2 Å². The fourth-order valence-electron chi connectivity index (χ4n) is 3.11. The molecule has 1 aromatic heterocycles. The largest absolute Gasteiger partial charge is 0.495 e. The highest BCUT2D eigenvalue weighted by Gasteiger charge is 2.17. The predicted octanol–water partition coefficient (Wildman–Crippen LogP) is 5.77. The molecule has 1 amide bonds. The first-order valence-electron chi connectivity index (χ1n) is 9.29. The number of nitrogens with one attached hydrogen (secondary N) is 1. The number of aryl methyl sites for hydroxylation is 1. The number of amides is 1. The van der Waals surface area contributed by atoms with Crippen LogP contribution in [0.15, 0.2) is 63.5 Å². The molecule has 1 N–H and O–H groups in total. The van der Waals surface area contributed by atoms with Gasteiger partial charge in [0.05, 0.1) is 22.8 Å². The number of hydrogen-bond donors (Lipinski definition) is 1. The van der Waals surface area contributed by atoms with Crippen LogP contribution in [0.3, 0.4) is 0 Å². The fourth-order valence-corrected chi connectivity index (χ4v) is 4.49. The van der Waals surface area contributed by atoms with Gasteiger partial charge in [-0.3, -0.25) is 4.79 Å². The number of aromatic nitrogens is 3. The number of carbonyl (C=O) groups excluding carboxylic acids is 1. The molecule has 8 heteroatoms. The smallest absolute Gasteiger partial charge is 0.259 e. The minimum atomic E-state index is -0.282. The molecule has 3 aromatic carbocycles. The number of benzene rings is 3. The Hall–Kier alpha value is -2.71. The Morgan fingerprint density at radius 3 is 2.47 bits per heavy atom. The van der Waals surface area contributed by atoms with E-state index in [4.69, 9.17) is 4.74 Å². The molecule has 152 valence electrons. The summed E-state index contributed by atoms with van der Waals surface area (Å²) in [6.07, 6.45) is 0.983. The number of carbonyl (C=O) groups is 1. The zero-order valence-corrected chi connectivity index (χ0v) is 19.5. The second kappa shape index (κ2) is 8.57. The summed E-state index contributed by atoms with van der Waals surface area (Å²) in [6.45, 7) is 2.12. The average Bonchev–Trinajstić information content (AvgIpc) is 3.16. The lowest BCUT2D eigenvalue weighted by atomic mass is 10.1. The Bertz CT molecular complexity index is 1240. The third kappa shape index (κ3) is 4.11. The van der Waals surface area contributed by atoms with Crippen LogP contribution in [0.2, 0.25) is 0 Å². The summed E-state index contributed by atoms with van der Waals surface area (Å²) in [4.78, 5) is 14.4. The summed E-state index contributed by atoms with van der Waals surface area (Å²) in [7, 11) is 1.53. The van der Waals surface area contributed by atoms with E-state index in [0.29, 0.717) is 27.0 Å². The van der Waals surface area contributed by atoms with Crippen LogP contribution in [-0.2, 0) is 6.42 Å². The second-order valence-corrected chi connectivity index (χ2v) is 8.41. The van der Waals surface area contributed by atoms with Gasteiger partial charge < -0.3 is 10.1 Å². The maximum Gasteiger partial charge on any atom is 0.259 e. The van der Waals surface area contributed by atoms with Crippen molar-refractivity contribution in [2.75, 3.05) is 12.4 Å². The molecule has 4 rings (SSSR count). The first-order valence-corrected chi connectivity index (χ1v) is 10.9. The first-order chi connectivity index (χ1) is 14.5. The van der Waals surface area contributed by atoms with E-state index in [-0.39, 0.29) is 5.91 Å². The number of methoxy groups -OCH3 is 1. The highest BCUT2D eigenvalue weighted by molar-refractivity contribution is 9.11. The van der Waals surface area contributed by atoms with Gasteiger partial charge in [-0.1, -0.05) is 35.0 Å². The molecule has 0 fully saturated rings. The second-order valence-electron chi connectivity index (χ2n) is 6.64. The maximum atomic E-state index is 12.8. The number of anilines is 1. The SMILES string of the molecule is CCc1ccc(-n2nc3ccc(NC(=O)c4cc(Br)cc(Br)c4OC)cc3n2)cc1. The summed E-state index contributed by atoms with van der Waals surface area (Å²) in [5.74, 6) is 0.189. The van der Waals surface area contributed by atoms with E-state index in [1.54, 1.807) is 23.0 Å². The van der Waals surface area contributed by atoms with E-state index in [0.717, 1.165) is 22.1 Å². The molecular weight excluding hydrogens is 512 g/mol. The van der Waals surface area contributed by atoms with Crippen LogP contribution in [0.1, 0.15) is 22.8 Å². The van der Waals surface area contributed by atoms with Crippen molar-refractivity contribution in [1.29, 1.82) is 0 Å². The van der Waals surface area contributed by atoms with Crippen molar-refractivity contribution in [3.8, 4) is 11.4 Å². The highest BCUT2D eigenvalue weighted by Crippen LogP contribution is 2.33. The van der Waals surface area contributed by atoms with E-state index in [2.05, 4.69) is 66.4 Å². The van der Waals surface area contributed by atoms with Crippen molar-refractivity contribution in [3.63, 3.8) is 0 Å². The summed E-state index contributed by atoms with van der Waals surface area (Å²) >= 11 is 6.83. The highest BCUT2D eigenvalue weighted by atomic mass is 79.9. The average molecular weight is 530 g/mol. The minimum Gasteiger partial charge on any atom is -0.495 e. The standard InChI is InChI=1S/C22H18Br2N4O2/c1-3-13-4-7-16(8-5-13)28-26-19-9-6-15(12-20(19)27-28)25-22(29)17-10-14(23)11-18(24)21(17)30-2/h4-12H,3H2,1-2H3,(H,25,29). The Morgan fingerprint density at radius 1 is 1.03 bits per heavy atom. The van der Waals surface area contributed by atoms with Gasteiger partial charge in [0.1, 0.15) is 16.8 Å². The molecule has 0 aliphatic carbocycles. The van der Waals surface area contributed by atoms with Gasteiger partial charge in [0, 0.05) is 10.2 Å². The number of rotatable bonds is 5. The van der Waals surface area contributed by atoms with Crippen molar-refractivity contribution in [1.82, 2.24) is 15.0 Å². The summed E-state index contributed by atoms with van der Waals surface area (Å²) in [5.41, 5.74) is 4.62. The number of hydrogen-bond acceptors (Lipinski definition) is 4. The number of ether oxygens (including phenoxy) is 1. The molecule has 0 atom stereocenters. The van der Waals surface area contributed by atoms with E-state index >= 15 is 0 Å². The third-order valence-electron chi connectivity index (χ3n) is 4.67. The molecule has 6 nitrogen and oxygen atoms in total. The lowest BCUT2D eigenvalue weighted by Gasteiger charge is -2.11. The van der Waals surface area contributed by atoms with Crippen molar-refractivity contribution in [2.24, 2.45) is 0 Å². The topological polar surface area (TPSA) is 69.0 Å². The zero-order valence-electron chi connectivity index (χ0n) is 16.3. The molecule has 4 aromatic rings. The van der Waals surface area contributed by atoms with Gasteiger partial charge in [0.15, 0.2) is 0 Å². The van der Waals surface area contributed by atoms with Crippen molar-refractivity contribution < 1.29 is 9.53 Å². The van der Waals surface area contributed by atoms with Gasteiger partial charge in [0.25, 0.3) is 5.91 Å². The number of nitrogens with zero attached hydrogens (tertiary/aromatic N) is 3. The monoisotopic (exact) mass is 528 g/mol. The quantitative estimate of drug-likeness (QED) is 0.356. The zero-order chi connectivity index (χ0) is 21.3. The number of halogens is 2. The Balaban J connectivity index is 1.62. The summed E-state index contributed by atoms with van der Waals surface area (Å²) in [5, 5.41) is 12.0. The van der Waals surface area contributed by atoms with Gasteiger partial charge in [-0.2, -0.15) is 4.80 Å². The van der Waals surface area contributed by atoms with Crippen molar-refractivity contribution in [3.05, 3.63) is 74.7 Å². The third-order valence-corrected chi connectivity index (χ3v) is 5.72. The van der Waals surface area contributed by atoms with Gasteiger partial charge in [-0.05, 0) is 70.4 Å². The van der Waals surface area contributed by atoms with Crippen molar-refractivity contribution in [2.45, 2.75) is 13.3 Å². The molecule has 0 saturated carbocycles. The Kier molecular flexibility index (Phi) is 5.87. The Labute approximate surface area is 190 Å². The van der Waals surface area contributed by atoms with Crippen molar-refractivity contribution >= 4 is 54.5 Å². The predicted molar refractivity (Wildman–Crippen MR) is 125 cm³/mol. The Morgan fingerprint density at radius 2 is 1.77 bits per heavy atom. The normalized spacial score (nSPS) is 10.9. The van der Waals surface area contributed by atoms with Crippen LogP contribution in [0.5, 0.6) is 5.75 Å². The van der Waals surface area contributed by atoms with E-state index < -0.39 is 0 Å². The summed E-state index contributed by atoms with van der Waals surface area (Å²) in [6, 6.07) is 17.1. The molecular formula is C22H18Br2N4O2. The lowest BCUT2D eigenvalue weighted by molar-refractivity contribution is 0.102. The van der Waals surface area contributed by atoms with Crippen LogP contribution in [0.25, 0.3) is 16.7 Å². The van der Waals surface area contributed by atoms with Gasteiger partial charge in [-0.25, -0.2) is 0 Å². The fraction of sp³-hybridized carbons (Fsp3) is 0.136. The first kappa shape index (κ1) is 20.6. The van der Waals surface area contributed by atoms with Crippen LogP contribution < -0.4 is 10.1 Å². The molecule has 0 aliphatic rings. The van der Waals surface area contributed by atoms with Gasteiger partial charge in [0.2, 0.25) is 0 Å². The minimum absolute atomic E-state index is 0.282. The van der Waals surface area contributed by atoms with E-state index in [1.165, 1.54) is 12.7 Å². The molecule has 0 bridgehead atoms. The molecule has 0 radical (unpaired) electrons.